The molecule has 0 spiro atoms. The van der Waals surface area contributed by atoms with Gasteiger partial charge in [0, 0.05) is 0 Å². The Morgan fingerprint density at radius 2 is 2.21 bits per heavy atom. The number of fused-ring (bicyclic) bond motifs is 1. The number of ether oxygens (including phenoxy) is 1. The third-order valence-electron chi connectivity index (χ3n) is 1.93. The average molecular weight is 192 g/mol. The fourth-order valence-electron chi connectivity index (χ4n) is 1.34. The van der Waals surface area contributed by atoms with E-state index in [1.807, 2.05) is 0 Å². The molecule has 0 saturated carbocycles. The summed E-state index contributed by atoms with van der Waals surface area (Å²) in [6.07, 6.45) is 0. The molecule has 0 aliphatic carbocycles. The number of methoxy groups -OCH3 is 1. The monoisotopic (exact) mass is 192 g/mol. The highest BCUT2D eigenvalue weighted by atomic mass is 16.5. The van der Waals surface area contributed by atoms with Crippen molar-refractivity contribution >= 4 is 11.0 Å². The molecule has 0 fully saturated rings. The lowest BCUT2D eigenvalue weighted by molar-refractivity contribution is 0.413. The zero-order chi connectivity index (χ0) is 10.1. The van der Waals surface area contributed by atoms with Crippen molar-refractivity contribution in [2.45, 2.75) is 0 Å². The highest BCUT2D eigenvalue weighted by Crippen LogP contribution is 2.31. The van der Waals surface area contributed by atoms with Gasteiger partial charge >= 0.3 is 5.63 Å². The normalized spacial score (nSPS) is 10.4. The van der Waals surface area contributed by atoms with E-state index >= 15 is 0 Å². The third-order valence-corrected chi connectivity index (χ3v) is 1.93. The van der Waals surface area contributed by atoms with Crippen molar-refractivity contribution < 1.29 is 14.3 Å². The molecule has 0 aliphatic rings. The quantitative estimate of drug-likeness (QED) is 0.695. The van der Waals surface area contributed by atoms with E-state index in [4.69, 9.17) is 9.15 Å². The van der Waals surface area contributed by atoms with Gasteiger partial charge in [-0.05, 0) is 12.1 Å². The second kappa shape index (κ2) is 3.06. The molecule has 72 valence electrons. The van der Waals surface area contributed by atoms with Crippen LogP contribution in [0.5, 0.6) is 11.5 Å². The van der Waals surface area contributed by atoms with Crippen LogP contribution in [0.4, 0.5) is 0 Å². The lowest BCUT2D eigenvalue weighted by atomic mass is 10.2. The maximum atomic E-state index is 10.9. The molecule has 2 aromatic rings. The summed E-state index contributed by atoms with van der Waals surface area (Å²) in [7, 11) is 1.49. The Morgan fingerprint density at radius 3 is 2.93 bits per heavy atom. The number of hydrogen-bond donors (Lipinski definition) is 1. The lowest BCUT2D eigenvalue weighted by Crippen LogP contribution is -1.96. The third kappa shape index (κ3) is 1.21. The standard InChI is InChI=1S/C10H8O4/c1-13-7-3-2-4-8-10(7)6(11)5-9(12)14-8/h2-5,11H,1H3. The van der Waals surface area contributed by atoms with Gasteiger partial charge in [-0.15, -0.1) is 0 Å². The van der Waals surface area contributed by atoms with Crippen molar-refractivity contribution in [3.63, 3.8) is 0 Å². The molecule has 1 aromatic heterocycles. The molecule has 14 heavy (non-hydrogen) atoms. The van der Waals surface area contributed by atoms with Gasteiger partial charge in [-0.2, -0.15) is 0 Å². The topological polar surface area (TPSA) is 59.7 Å². The summed E-state index contributed by atoms with van der Waals surface area (Å²) in [6, 6.07) is 5.98. The maximum Gasteiger partial charge on any atom is 0.339 e. The predicted octanol–water partition coefficient (Wildman–Crippen LogP) is 1.51. The van der Waals surface area contributed by atoms with E-state index in [1.54, 1.807) is 18.2 Å². The number of benzene rings is 1. The van der Waals surface area contributed by atoms with E-state index in [1.165, 1.54) is 7.11 Å². The predicted molar refractivity (Wildman–Crippen MR) is 50.7 cm³/mol. The van der Waals surface area contributed by atoms with Crippen molar-refractivity contribution in [3.05, 3.63) is 34.7 Å². The number of rotatable bonds is 1. The molecule has 1 N–H and O–H groups in total. The van der Waals surface area contributed by atoms with Crippen LogP contribution in [0.15, 0.2) is 33.5 Å². The van der Waals surface area contributed by atoms with Gasteiger partial charge in [-0.25, -0.2) is 4.79 Å². The van der Waals surface area contributed by atoms with Crippen molar-refractivity contribution in [3.8, 4) is 11.5 Å². The molecule has 0 radical (unpaired) electrons. The van der Waals surface area contributed by atoms with Gasteiger partial charge in [0.25, 0.3) is 0 Å². The van der Waals surface area contributed by atoms with E-state index in [-0.39, 0.29) is 5.75 Å². The van der Waals surface area contributed by atoms with Crippen LogP contribution >= 0.6 is 0 Å². The highest BCUT2D eigenvalue weighted by Gasteiger charge is 2.08. The first-order valence-corrected chi connectivity index (χ1v) is 4.02. The molecule has 1 aromatic carbocycles. The highest BCUT2D eigenvalue weighted by molar-refractivity contribution is 5.88. The summed E-state index contributed by atoms with van der Waals surface area (Å²) in [6.45, 7) is 0. The number of hydrogen-bond acceptors (Lipinski definition) is 4. The van der Waals surface area contributed by atoms with E-state index < -0.39 is 5.63 Å². The Bertz CT molecular complexity index is 527. The second-order valence-electron chi connectivity index (χ2n) is 2.78. The van der Waals surface area contributed by atoms with Crippen molar-refractivity contribution in [1.82, 2.24) is 0 Å². The molecule has 0 bridgehead atoms. The average Bonchev–Trinajstić information content (AvgIpc) is 2.16. The van der Waals surface area contributed by atoms with E-state index in [2.05, 4.69) is 0 Å². The molecule has 0 atom stereocenters. The Labute approximate surface area is 79.4 Å². The summed E-state index contributed by atoms with van der Waals surface area (Å²) >= 11 is 0. The van der Waals surface area contributed by atoms with Crippen LogP contribution in [0.25, 0.3) is 11.0 Å². The zero-order valence-corrected chi connectivity index (χ0v) is 7.48. The Morgan fingerprint density at radius 1 is 1.43 bits per heavy atom. The minimum absolute atomic E-state index is 0.131. The second-order valence-corrected chi connectivity index (χ2v) is 2.78. The largest absolute Gasteiger partial charge is 0.507 e. The fraction of sp³-hybridized carbons (Fsp3) is 0.100. The maximum absolute atomic E-state index is 10.9. The van der Waals surface area contributed by atoms with Crippen LogP contribution in [-0.4, -0.2) is 12.2 Å². The first kappa shape index (κ1) is 8.62. The minimum Gasteiger partial charge on any atom is -0.507 e. The Hall–Kier alpha value is -1.97. The SMILES string of the molecule is COc1cccc2oc(=O)cc(O)c12. The molecule has 0 unspecified atom stereocenters. The molecule has 0 saturated heterocycles. The van der Waals surface area contributed by atoms with Gasteiger partial charge < -0.3 is 14.3 Å². The summed E-state index contributed by atoms with van der Waals surface area (Å²) in [5.74, 6) is 0.345. The first-order chi connectivity index (χ1) is 6.72. The first-order valence-electron chi connectivity index (χ1n) is 4.02. The number of aromatic hydroxyl groups is 1. The summed E-state index contributed by atoms with van der Waals surface area (Å²) in [4.78, 5) is 10.9. The molecular formula is C10H8O4. The van der Waals surface area contributed by atoms with Crippen LogP contribution in [-0.2, 0) is 0 Å². The molecule has 4 heteroatoms. The lowest BCUT2D eigenvalue weighted by Gasteiger charge is -2.04. The van der Waals surface area contributed by atoms with Crippen molar-refractivity contribution in [2.75, 3.05) is 7.11 Å². The molecule has 4 nitrogen and oxygen atoms in total. The van der Waals surface area contributed by atoms with Gasteiger partial charge in [-0.3, -0.25) is 0 Å². The summed E-state index contributed by atoms with van der Waals surface area (Å²) in [5.41, 5.74) is -0.266. The van der Waals surface area contributed by atoms with Crippen LogP contribution in [0.3, 0.4) is 0 Å². The smallest absolute Gasteiger partial charge is 0.339 e. The van der Waals surface area contributed by atoms with Crippen molar-refractivity contribution in [2.24, 2.45) is 0 Å². The van der Waals surface area contributed by atoms with E-state index in [0.717, 1.165) is 6.07 Å². The summed E-state index contributed by atoms with van der Waals surface area (Å²) < 4.78 is 9.92. The Kier molecular flexibility index (Phi) is 1.89. The van der Waals surface area contributed by atoms with Crippen LogP contribution < -0.4 is 10.4 Å². The van der Waals surface area contributed by atoms with Gasteiger partial charge in [0.1, 0.15) is 22.5 Å². The van der Waals surface area contributed by atoms with Gasteiger partial charge in [0.15, 0.2) is 0 Å². The molecule has 0 aliphatic heterocycles. The summed E-state index contributed by atoms with van der Waals surface area (Å²) in [5, 5.41) is 9.94. The van der Waals surface area contributed by atoms with Crippen LogP contribution in [0.2, 0.25) is 0 Å². The molecular weight excluding hydrogens is 184 g/mol. The van der Waals surface area contributed by atoms with Crippen molar-refractivity contribution in [1.29, 1.82) is 0 Å². The van der Waals surface area contributed by atoms with Gasteiger partial charge in [-0.1, -0.05) is 6.07 Å². The molecule has 1 heterocycles. The minimum atomic E-state index is -0.580. The van der Waals surface area contributed by atoms with E-state index in [9.17, 15) is 9.90 Å². The molecule has 2 rings (SSSR count). The van der Waals surface area contributed by atoms with E-state index in [0.29, 0.717) is 16.7 Å². The fourth-order valence-corrected chi connectivity index (χ4v) is 1.34. The van der Waals surface area contributed by atoms with Crippen LogP contribution in [0.1, 0.15) is 0 Å². The zero-order valence-electron chi connectivity index (χ0n) is 7.48. The Balaban J connectivity index is 2.94. The van der Waals surface area contributed by atoms with Gasteiger partial charge in [0.05, 0.1) is 13.2 Å². The molecule has 0 amide bonds. The van der Waals surface area contributed by atoms with Gasteiger partial charge in [0.2, 0.25) is 0 Å². The van der Waals surface area contributed by atoms with Crippen LogP contribution in [0, 0.1) is 0 Å².